The van der Waals surface area contributed by atoms with Crippen LogP contribution in [0.1, 0.15) is 37.9 Å². The van der Waals surface area contributed by atoms with Crippen molar-refractivity contribution in [1.82, 2.24) is 5.32 Å². The highest BCUT2D eigenvalue weighted by Crippen LogP contribution is 2.32. The van der Waals surface area contributed by atoms with Crippen LogP contribution in [0.5, 0.6) is 17.2 Å². The number of aryl methyl sites for hydroxylation is 1. The maximum atomic E-state index is 12.5. The third-order valence-electron chi connectivity index (χ3n) is 4.45. The van der Waals surface area contributed by atoms with Gasteiger partial charge in [0.05, 0.1) is 6.04 Å². The molecule has 0 aliphatic carbocycles. The lowest BCUT2D eigenvalue weighted by Crippen LogP contribution is -2.38. The van der Waals surface area contributed by atoms with E-state index >= 15 is 0 Å². The van der Waals surface area contributed by atoms with E-state index in [0.29, 0.717) is 13.2 Å². The van der Waals surface area contributed by atoms with Crippen molar-refractivity contribution in [3.05, 3.63) is 53.6 Å². The molecule has 0 bridgehead atoms. The molecule has 0 fully saturated rings. The highest BCUT2D eigenvalue weighted by atomic mass is 16.6. The van der Waals surface area contributed by atoms with Gasteiger partial charge in [0.25, 0.3) is 5.91 Å². The molecule has 1 heterocycles. The molecule has 2 aromatic rings. The summed E-state index contributed by atoms with van der Waals surface area (Å²) in [6.45, 7) is 6.87. The molecule has 0 unspecified atom stereocenters. The molecule has 1 N–H and O–H groups in total. The predicted molar refractivity (Wildman–Crippen MR) is 99.9 cm³/mol. The Morgan fingerprint density at radius 2 is 1.85 bits per heavy atom. The first-order valence-corrected chi connectivity index (χ1v) is 9.03. The number of hydrogen-bond donors (Lipinski definition) is 1. The molecule has 1 aliphatic rings. The molecule has 0 saturated carbocycles. The fourth-order valence-electron chi connectivity index (χ4n) is 2.90. The average molecular weight is 355 g/mol. The van der Waals surface area contributed by atoms with Crippen LogP contribution >= 0.6 is 0 Å². The lowest BCUT2D eigenvalue weighted by Gasteiger charge is -2.22. The predicted octanol–water partition coefficient (Wildman–Crippen LogP) is 3.66. The number of carbonyl (C=O) groups is 1. The van der Waals surface area contributed by atoms with Crippen LogP contribution in [0.3, 0.4) is 0 Å². The zero-order valence-corrected chi connectivity index (χ0v) is 15.5. The first kappa shape index (κ1) is 18.1. The van der Waals surface area contributed by atoms with Crippen LogP contribution in [0, 0.1) is 0 Å². The normalized spacial score (nSPS) is 15.0. The summed E-state index contributed by atoms with van der Waals surface area (Å²) in [5.41, 5.74) is 2.05. The summed E-state index contributed by atoms with van der Waals surface area (Å²) < 4.78 is 17.0. The Bertz CT molecular complexity index is 774. The second-order valence-electron chi connectivity index (χ2n) is 6.35. The molecule has 0 radical (unpaired) electrons. The lowest BCUT2D eigenvalue weighted by molar-refractivity contribution is -0.127. The third-order valence-corrected chi connectivity index (χ3v) is 4.45. The fraction of sp³-hybridized carbons (Fsp3) is 0.381. The molecule has 5 nitrogen and oxygen atoms in total. The number of nitrogens with one attached hydrogen (secondary N) is 1. The number of benzene rings is 2. The average Bonchev–Trinajstić information content (AvgIpc) is 2.67. The Kier molecular flexibility index (Phi) is 5.66. The van der Waals surface area contributed by atoms with Gasteiger partial charge in [0.2, 0.25) is 0 Å². The summed E-state index contributed by atoms with van der Waals surface area (Å²) in [5.74, 6) is 2.06. The Hall–Kier alpha value is -2.69. The standard InChI is InChI=1S/C21H25NO4/c1-4-16-7-5-6-8-18(16)26-15(3)21(23)22-14(2)17-9-10-19-20(13-17)25-12-11-24-19/h5-10,13-15H,4,11-12H2,1-3H3,(H,22,23)/t14-,15-/m0/s1. The second-order valence-corrected chi connectivity index (χ2v) is 6.35. The van der Waals surface area contributed by atoms with E-state index in [1.54, 1.807) is 6.92 Å². The summed E-state index contributed by atoms with van der Waals surface area (Å²) in [6, 6.07) is 13.4. The summed E-state index contributed by atoms with van der Waals surface area (Å²) >= 11 is 0. The van der Waals surface area contributed by atoms with E-state index in [4.69, 9.17) is 14.2 Å². The van der Waals surface area contributed by atoms with Crippen molar-refractivity contribution in [2.45, 2.75) is 39.3 Å². The van der Waals surface area contributed by atoms with Crippen LogP contribution in [0.25, 0.3) is 0 Å². The van der Waals surface area contributed by atoms with Crippen molar-refractivity contribution < 1.29 is 19.0 Å². The Balaban J connectivity index is 1.63. The van der Waals surface area contributed by atoms with Gasteiger partial charge in [-0.1, -0.05) is 31.2 Å². The Morgan fingerprint density at radius 3 is 2.62 bits per heavy atom. The van der Waals surface area contributed by atoms with E-state index in [1.165, 1.54) is 0 Å². The number of ether oxygens (including phenoxy) is 3. The highest BCUT2D eigenvalue weighted by molar-refractivity contribution is 5.81. The van der Waals surface area contributed by atoms with E-state index in [1.807, 2.05) is 49.4 Å². The van der Waals surface area contributed by atoms with Crippen LogP contribution in [0.15, 0.2) is 42.5 Å². The fourth-order valence-corrected chi connectivity index (χ4v) is 2.90. The van der Waals surface area contributed by atoms with Gasteiger partial charge in [-0.05, 0) is 49.6 Å². The topological polar surface area (TPSA) is 56.8 Å². The third kappa shape index (κ3) is 4.10. The van der Waals surface area contributed by atoms with Gasteiger partial charge in [-0.3, -0.25) is 4.79 Å². The van der Waals surface area contributed by atoms with Crippen molar-refractivity contribution in [3.63, 3.8) is 0 Å². The summed E-state index contributed by atoms with van der Waals surface area (Å²) in [4.78, 5) is 12.5. The van der Waals surface area contributed by atoms with Crippen molar-refractivity contribution in [2.75, 3.05) is 13.2 Å². The number of para-hydroxylation sites is 1. The molecule has 1 aliphatic heterocycles. The molecule has 1 amide bonds. The number of fused-ring (bicyclic) bond motifs is 1. The van der Waals surface area contributed by atoms with Crippen molar-refractivity contribution in [2.24, 2.45) is 0 Å². The van der Waals surface area contributed by atoms with Gasteiger partial charge in [0.15, 0.2) is 17.6 Å². The molecular weight excluding hydrogens is 330 g/mol. The van der Waals surface area contributed by atoms with Crippen LogP contribution in [-0.4, -0.2) is 25.2 Å². The van der Waals surface area contributed by atoms with Crippen LogP contribution < -0.4 is 19.5 Å². The number of carbonyl (C=O) groups excluding carboxylic acids is 1. The molecule has 2 atom stereocenters. The van der Waals surface area contributed by atoms with Crippen molar-refractivity contribution in [1.29, 1.82) is 0 Å². The molecule has 0 saturated heterocycles. The summed E-state index contributed by atoms with van der Waals surface area (Å²) in [7, 11) is 0. The van der Waals surface area contributed by atoms with E-state index in [-0.39, 0.29) is 11.9 Å². The smallest absolute Gasteiger partial charge is 0.261 e. The quantitative estimate of drug-likeness (QED) is 0.859. The van der Waals surface area contributed by atoms with E-state index < -0.39 is 6.10 Å². The van der Waals surface area contributed by atoms with Crippen LogP contribution in [-0.2, 0) is 11.2 Å². The van der Waals surface area contributed by atoms with E-state index in [2.05, 4.69) is 12.2 Å². The summed E-state index contributed by atoms with van der Waals surface area (Å²) in [5, 5.41) is 3.00. The van der Waals surface area contributed by atoms with Gasteiger partial charge < -0.3 is 19.5 Å². The van der Waals surface area contributed by atoms with Gasteiger partial charge in [-0.2, -0.15) is 0 Å². The van der Waals surface area contributed by atoms with Gasteiger partial charge in [-0.25, -0.2) is 0 Å². The molecule has 2 aromatic carbocycles. The SMILES string of the molecule is CCc1ccccc1O[C@@H](C)C(=O)N[C@@H](C)c1ccc2c(c1)OCCO2. The molecule has 3 rings (SSSR count). The minimum atomic E-state index is -0.581. The lowest BCUT2D eigenvalue weighted by atomic mass is 10.1. The number of amides is 1. The largest absolute Gasteiger partial charge is 0.486 e. The van der Waals surface area contributed by atoms with Gasteiger partial charge >= 0.3 is 0 Å². The van der Waals surface area contributed by atoms with E-state index in [0.717, 1.165) is 34.8 Å². The first-order chi connectivity index (χ1) is 12.6. The van der Waals surface area contributed by atoms with Crippen LogP contribution in [0.2, 0.25) is 0 Å². The van der Waals surface area contributed by atoms with Crippen molar-refractivity contribution >= 4 is 5.91 Å². The Morgan fingerprint density at radius 1 is 1.12 bits per heavy atom. The van der Waals surface area contributed by atoms with Gasteiger partial charge in [0.1, 0.15) is 19.0 Å². The monoisotopic (exact) mass is 355 g/mol. The molecule has 26 heavy (non-hydrogen) atoms. The minimum absolute atomic E-state index is 0.154. The first-order valence-electron chi connectivity index (χ1n) is 9.03. The molecule has 138 valence electrons. The second kappa shape index (κ2) is 8.13. The highest BCUT2D eigenvalue weighted by Gasteiger charge is 2.20. The Labute approximate surface area is 154 Å². The van der Waals surface area contributed by atoms with Crippen molar-refractivity contribution in [3.8, 4) is 17.2 Å². The maximum absolute atomic E-state index is 12.5. The molecular formula is C21H25NO4. The summed E-state index contributed by atoms with van der Waals surface area (Å²) in [6.07, 6.45) is 0.278. The molecule has 5 heteroatoms. The van der Waals surface area contributed by atoms with Gasteiger partial charge in [0, 0.05) is 0 Å². The maximum Gasteiger partial charge on any atom is 0.261 e. The zero-order chi connectivity index (χ0) is 18.5. The van der Waals surface area contributed by atoms with E-state index in [9.17, 15) is 4.79 Å². The van der Waals surface area contributed by atoms with Crippen LogP contribution in [0.4, 0.5) is 0 Å². The van der Waals surface area contributed by atoms with Gasteiger partial charge in [-0.15, -0.1) is 0 Å². The number of hydrogen-bond acceptors (Lipinski definition) is 4. The molecule has 0 aromatic heterocycles. The number of rotatable bonds is 6. The zero-order valence-electron chi connectivity index (χ0n) is 15.5. The minimum Gasteiger partial charge on any atom is -0.486 e. The molecule has 0 spiro atoms.